The second kappa shape index (κ2) is 6.07. The van der Waals surface area contributed by atoms with Gasteiger partial charge in [0.1, 0.15) is 5.15 Å². The van der Waals surface area contributed by atoms with E-state index in [9.17, 15) is 8.42 Å². The Hall–Kier alpha value is -0.690. The van der Waals surface area contributed by atoms with Crippen LogP contribution in [0.25, 0.3) is 0 Å². The molecule has 1 aromatic heterocycles. The van der Waals surface area contributed by atoms with Crippen LogP contribution in [0.1, 0.15) is 31.2 Å². The number of piperidine rings is 1. The van der Waals surface area contributed by atoms with Crippen LogP contribution < -0.4 is 0 Å². The maximum atomic E-state index is 12.5. The van der Waals surface area contributed by atoms with E-state index in [1.807, 2.05) is 0 Å². The van der Waals surface area contributed by atoms with Crippen molar-refractivity contribution in [1.82, 2.24) is 9.29 Å². The highest BCUT2D eigenvalue weighted by Gasteiger charge is 2.47. The van der Waals surface area contributed by atoms with Gasteiger partial charge in [-0.3, -0.25) is 0 Å². The number of rotatable bonds is 4. The van der Waals surface area contributed by atoms with Gasteiger partial charge in [0.15, 0.2) is 0 Å². The lowest BCUT2D eigenvalue weighted by Gasteiger charge is -2.51. The SMILES string of the molecule is COC1CC2(CCN(S(=O)(=O)Cc3ccc(Cl)nc3)CC2)C1. The minimum Gasteiger partial charge on any atom is -0.381 e. The van der Waals surface area contributed by atoms with Crippen LogP contribution in [0.4, 0.5) is 0 Å². The summed E-state index contributed by atoms with van der Waals surface area (Å²) >= 11 is 5.73. The van der Waals surface area contributed by atoms with Crippen LogP contribution in [0.15, 0.2) is 18.3 Å². The summed E-state index contributed by atoms with van der Waals surface area (Å²) < 4.78 is 32.0. The van der Waals surface area contributed by atoms with Crippen LogP contribution in [-0.4, -0.2) is 44.0 Å². The van der Waals surface area contributed by atoms with Crippen molar-refractivity contribution in [3.8, 4) is 0 Å². The van der Waals surface area contributed by atoms with E-state index >= 15 is 0 Å². The van der Waals surface area contributed by atoms with E-state index in [-0.39, 0.29) is 5.75 Å². The molecule has 122 valence electrons. The van der Waals surface area contributed by atoms with Gasteiger partial charge in [-0.05, 0) is 42.7 Å². The monoisotopic (exact) mass is 344 g/mol. The maximum Gasteiger partial charge on any atom is 0.218 e. The van der Waals surface area contributed by atoms with Crippen molar-refractivity contribution in [3.63, 3.8) is 0 Å². The van der Waals surface area contributed by atoms with Gasteiger partial charge in [0.05, 0.1) is 11.9 Å². The molecule has 1 aliphatic heterocycles. The van der Waals surface area contributed by atoms with Crippen molar-refractivity contribution in [2.45, 2.75) is 37.5 Å². The molecule has 2 aliphatic rings. The fraction of sp³-hybridized carbons (Fsp3) is 0.667. The van der Waals surface area contributed by atoms with Gasteiger partial charge in [-0.2, -0.15) is 0 Å². The zero-order chi connectivity index (χ0) is 15.8. The summed E-state index contributed by atoms with van der Waals surface area (Å²) in [6, 6.07) is 3.34. The third-order valence-electron chi connectivity index (χ3n) is 4.97. The Morgan fingerprint density at radius 2 is 2.05 bits per heavy atom. The smallest absolute Gasteiger partial charge is 0.218 e. The van der Waals surface area contributed by atoms with E-state index in [4.69, 9.17) is 16.3 Å². The number of hydrogen-bond acceptors (Lipinski definition) is 4. The van der Waals surface area contributed by atoms with Gasteiger partial charge >= 0.3 is 0 Å². The average Bonchev–Trinajstić information content (AvgIpc) is 2.47. The van der Waals surface area contributed by atoms with Gasteiger partial charge in [-0.15, -0.1) is 0 Å². The molecule has 0 radical (unpaired) electrons. The molecule has 3 rings (SSSR count). The highest BCUT2D eigenvalue weighted by molar-refractivity contribution is 7.88. The van der Waals surface area contributed by atoms with Gasteiger partial charge in [-0.25, -0.2) is 17.7 Å². The molecule has 1 aliphatic carbocycles. The molecule has 1 saturated carbocycles. The van der Waals surface area contributed by atoms with Gasteiger partial charge in [0.25, 0.3) is 0 Å². The number of nitrogens with zero attached hydrogens (tertiary/aromatic N) is 2. The Bertz CT molecular complexity index is 617. The standard InChI is InChI=1S/C15H21ClN2O3S/c1-21-13-8-15(9-13)4-6-18(7-5-15)22(19,20)11-12-2-3-14(16)17-10-12/h2-3,10,13H,4-9,11H2,1H3. The van der Waals surface area contributed by atoms with Crippen molar-refractivity contribution < 1.29 is 13.2 Å². The average molecular weight is 345 g/mol. The minimum atomic E-state index is -3.28. The van der Waals surface area contributed by atoms with E-state index in [0.717, 1.165) is 25.7 Å². The third kappa shape index (κ3) is 3.30. The lowest BCUT2D eigenvalue weighted by Crippen LogP contribution is -2.51. The second-order valence-electron chi connectivity index (χ2n) is 6.41. The van der Waals surface area contributed by atoms with Crippen LogP contribution in [0.5, 0.6) is 0 Å². The molecular formula is C15H21ClN2O3S. The molecule has 1 aromatic rings. The van der Waals surface area contributed by atoms with E-state index in [2.05, 4.69) is 4.98 Å². The highest BCUT2D eigenvalue weighted by Crippen LogP contribution is 2.50. The summed E-state index contributed by atoms with van der Waals surface area (Å²) in [6.07, 6.45) is 5.90. The van der Waals surface area contributed by atoms with Crippen molar-refractivity contribution in [2.24, 2.45) is 5.41 Å². The lowest BCUT2D eigenvalue weighted by molar-refractivity contribution is -0.0804. The molecule has 2 fully saturated rings. The van der Waals surface area contributed by atoms with Crippen LogP contribution in [-0.2, 0) is 20.5 Å². The predicted octanol–water partition coefficient (Wildman–Crippen LogP) is 2.46. The first kappa shape index (κ1) is 16.2. The Morgan fingerprint density at radius 3 is 2.59 bits per heavy atom. The largest absolute Gasteiger partial charge is 0.381 e. The number of hydrogen-bond donors (Lipinski definition) is 0. The number of aromatic nitrogens is 1. The molecule has 0 N–H and O–H groups in total. The number of methoxy groups -OCH3 is 1. The fourth-order valence-electron chi connectivity index (χ4n) is 3.51. The first-order valence-corrected chi connectivity index (χ1v) is 9.52. The molecular weight excluding hydrogens is 324 g/mol. The number of pyridine rings is 1. The molecule has 1 spiro atoms. The van der Waals surface area contributed by atoms with E-state index in [0.29, 0.717) is 35.3 Å². The summed E-state index contributed by atoms with van der Waals surface area (Å²) in [5.41, 5.74) is 0.988. The predicted molar refractivity (Wildman–Crippen MR) is 85.1 cm³/mol. The summed E-state index contributed by atoms with van der Waals surface area (Å²) in [5, 5.41) is 0.374. The third-order valence-corrected chi connectivity index (χ3v) is 7.04. The Morgan fingerprint density at radius 1 is 1.36 bits per heavy atom. The van der Waals surface area contributed by atoms with Crippen LogP contribution in [0.2, 0.25) is 5.15 Å². The first-order valence-electron chi connectivity index (χ1n) is 7.54. The zero-order valence-electron chi connectivity index (χ0n) is 12.7. The minimum absolute atomic E-state index is 0.00906. The molecule has 0 aromatic carbocycles. The van der Waals surface area contributed by atoms with Crippen LogP contribution >= 0.6 is 11.6 Å². The maximum absolute atomic E-state index is 12.5. The molecule has 0 atom stereocenters. The van der Waals surface area contributed by atoms with Crippen molar-refractivity contribution in [3.05, 3.63) is 29.0 Å². The Kier molecular flexibility index (Phi) is 4.47. The van der Waals surface area contributed by atoms with Crippen LogP contribution in [0, 0.1) is 5.41 Å². The van der Waals surface area contributed by atoms with E-state index in [1.54, 1.807) is 23.5 Å². The fourth-order valence-corrected chi connectivity index (χ4v) is 5.14. The van der Waals surface area contributed by atoms with E-state index in [1.165, 1.54) is 6.20 Å². The molecule has 22 heavy (non-hydrogen) atoms. The lowest BCUT2D eigenvalue weighted by atomic mass is 9.62. The Balaban J connectivity index is 1.59. The highest BCUT2D eigenvalue weighted by atomic mass is 35.5. The van der Waals surface area contributed by atoms with Crippen LogP contribution in [0.3, 0.4) is 0 Å². The van der Waals surface area contributed by atoms with Crippen molar-refractivity contribution >= 4 is 21.6 Å². The van der Waals surface area contributed by atoms with E-state index < -0.39 is 10.0 Å². The molecule has 5 nitrogen and oxygen atoms in total. The van der Waals surface area contributed by atoms with Gasteiger partial charge in [0.2, 0.25) is 10.0 Å². The normalized spacial score (nSPS) is 22.6. The second-order valence-corrected chi connectivity index (χ2v) is 8.77. The van der Waals surface area contributed by atoms with Gasteiger partial charge in [0, 0.05) is 26.4 Å². The number of sulfonamides is 1. The topological polar surface area (TPSA) is 59.5 Å². The number of ether oxygens (including phenoxy) is 1. The molecule has 0 unspecified atom stereocenters. The molecule has 0 amide bonds. The summed E-state index contributed by atoms with van der Waals surface area (Å²) in [7, 11) is -1.54. The molecule has 7 heteroatoms. The molecule has 2 heterocycles. The Labute approximate surface area is 136 Å². The van der Waals surface area contributed by atoms with Gasteiger partial charge in [-0.1, -0.05) is 17.7 Å². The van der Waals surface area contributed by atoms with Gasteiger partial charge < -0.3 is 4.74 Å². The van der Waals surface area contributed by atoms with Crippen molar-refractivity contribution in [2.75, 3.05) is 20.2 Å². The van der Waals surface area contributed by atoms with Crippen molar-refractivity contribution in [1.29, 1.82) is 0 Å². The summed E-state index contributed by atoms with van der Waals surface area (Å²) in [5.74, 6) is -0.00906. The zero-order valence-corrected chi connectivity index (χ0v) is 14.2. The molecule has 0 bridgehead atoms. The first-order chi connectivity index (χ1) is 10.4. The quantitative estimate of drug-likeness (QED) is 0.787. The number of halogens is 1. The molecule has 1 saturated heterocycles. The summed E-state index contributed by atoms with van der Waals surface area (Å²) in [4.78, 5) is 3.94. The summed E-state index contributed by atoms with van der Waals surface area (Å²) in [6.45, 7) is 1.22.